The van der Waals surface area contributed by atoms with Crippen LogP contribution in [0.2, 0.25) is 0 Å². The number of nitrogens with one attached hydrogen (secondary N) is 1. The summed E-state index contributed by atoms with van der Waals surface area (Å²) in [5, 5.41) is 2.89. The lowest BCUT2D eigenvalue weighted by atomic mass is 9.77. The van der Waals surface area contributed by atoms with E-state index in [-0.39, 0.29) is 19.1 Å². The summed E-state index contributed by atoms with van der Waals surface area (Å²) in [5.41, 5.74) is 5.14. The molecule has 1 fully saturated rings. The van der Waals surface area contributed by atoms with Gasteiger partial charge in [-0.2, -0.15) is 0 Å². The number of alkyl carbamates (subject to hydrolysis) is 1. The summed E-state index contributed by atoms with van der Waals surface area (Å²) < 4.78 is 23.8. The number of pyridine rings is 1. The highest BCUT2D eigenvalue weighted by atomic mass is 16.7. The number of carbonyl (C=O) groups excluding carboxylic acids is 1. The van der Waals surface area contributed by atoms with Gasteiger partial charge in [-0.1, -0.05) is 54.6 Å². The fourth-order valence-electron chi connectivity index (χ4n) is 4.91. The fourth-order valence-corrected chi connectivity index (χ4v) is 4.91. The van der Waals surface area contributed by atoms with Crippen LogP contribution in [0.25, 0.3) is 17.2 Å². The molecule has 1 aliphatic heterocycles. The van der Waals surface area contributed by atoms with E-state index >= 15 is 0 Å². The Morgan fingerprint density at radius 3 is 2.21 bits per heavy atom. The summed E-state index contributed by atoms with van der Waals surface area (Å²) in [7, 11) is 0.953. The van der Waals surface area contributed by atoms with E-state index in [1.54, 1.807) is 25.6 Å². The molecule has 0 radical (unpaired) electrons. The highest BCUT2D eigenvalue weighted by molar-refractivity contribution is 6.56. The summed E-state index contributed by atoms with van der Waals surface area (Å²) in [6.45, 7) is 8.39. The zero-order chi connectivity index (χ0) is 26.9. The number of fused-ring (bicyclic) bond motifs is 3. The second-order valence-electron chi connectivity index (χ2n) is 10.6. The molecule has 5 rings (SSSR count). The molecular weight excluding hydrogens is 479 g/mol. The molecular formula is C30H33BN2O5. The van der Waals surface area contributed by atoms with Gasteiger partial charge in [0.15, 0.2) is 0 Å². The molecule has 2 heterocycles. The number of hydrogen-bond donors (Lipinski definition) is 1. The van der Waals surface area contributed by atoms with Gasteiger partial charge in [-0.3, -0.25) is 4.98 Å². The second-order valence-corrected chi connectivity index (χ2v) is 10.6. The minimum Gasteiger partial charge on any atom is -0.496 e. The molecule has 0 atom stereocenters. The van der Waals surface area contributed by atoms with Gasteiger partial charge in [0.05, 0.1) is 18.3 Å². The Labute approximate surface area is 224 Å². The van der Waals surface area contributed by atoms with Gasteiger partial charge < -0.3 is 24.1 Å². The highest BCUT2D eigenvalue weighted by Crippen LogP contribution is 2.44. The minimum absolute atomic E-state index is 0.00841. The smallest absolute Gasteiger partial charge is 0.492 e. The Hall–Kier alpha value is -3.62. The zero-order valence-electron chi connectivity index (χ0n) is 22.5. The maximum Gasteiger partial charge on any atom is 0.492 e. The summed E-state index contributed by atoms with van der Waals surface area (Å²) in [5.74, 6) is 0.654. The molecule has 38 heavy (non-hydrogen) atoms. The molecule has 7 nitrogen and oxygen atoms in total. The molecule has 0 saturated carbocycles. The molecule has 2 aromatic carbocycles. The zero-order valence-corrected chi connectivity index (χ0v) is 22.5. The molecule has 3 aromatic rings. The lowest BCUT2D eigenvalue weighted by Gasteiger charge is -2.32. The third-order valence-corrected chi connectivity index (χ3v) is 7.71. The molecule has 1 aliphatic carbocycles. The predicted molar refractivity (Wildman–Crippen MR) is 148 cm³/mol. The van der Waals surface area contributed by atoms with Crippen molar-refractivity contribution in [2.24, 2.45) is 0 Å². The predicted octanol–water partition coefficient (Wildman–Crippen LogP) is 5.64. The first-order valence-electron chi connectivity index (χ1n) is 12.8. The van der Waals surface area contributed by atoms with Crippen LogP contribution in [0.15, 0.2) is 72.5 Å². The van der Waals surface area contributed by atoms with E-state index in [1.807, 2.05) is 58.0 Å². The van der Waals surface area contributed by atoms with E-state index in [4.69, 9.17) is 18.8 Å². The van der Waals surface area contributed by atoms with Crippen LogP contribution in [0.3, 0.4) is 0 Å². The van der Waals surface area contributed by atoms with E-state index in [2.05, 4.69) is 34.6 Å². The Morgan fingerprint density at radius 2 is 1.61 bits per heavy atom. The molecule has 8 heteroatoms. The van der Waals surface area contributed by atoms with E-state index in [0.717, 1.165) is 11.0 Å². The van der Waals surface area contributed by atoms with E-state index in [9.17, 15) is 4.79 Å². The molecule has 0 spiro atoms. The number of hydrogen-bond acceptors (Lipinski definition) is 6. The summed E-state index contributed by atoms with van der Waals surface area (Å²) in [4.78, 5) is 17.1. The number of carbonyl (C=O) groups is 1. The van der Waals surface area contributed by atoms with Crippen molar-refractivity contribution < 1.29 is 23.6 Å². The second kappa shape index (κ2) is 10.3. The molecule has 1 aromatic heterocycles. The first-order chi connectivity index (χ1) is 18.2. The van der Waals surface area contributed by atoms with E-state index in [0.29, 0.717) is 5.75 Å². The number of methoxy groups -OCH3 is 1. The standard InChI is InChI=1S/C30H33BN2O5/c1-29(2)30(3,4)38-31(37-29)21(16-20-17-32-15-14-27(20)35-5)18-33-28(34)36-19-26-24-12-8-6-10-22(24)23-11-7-9-13-25(23)26/h6-17,26H,18-19H2,1-5H3,(H,33,34). The first-order valence-corrected chi connectivity index (χ1v) is 12.8. The van der Waals surface area contributed by atoms with Gasteiger partial charge in [-0.15, -0.1) is 0 Å². The summed E-state index contributed by atoms with van der Waals surface area (Å²) in [6.07, 6.45) is 4.75. The van der Waals surface area contributed by atoms with Gasteiger partial charge in [0.1, 0.15) is 12.4 Å². The van der Waals surface area contributed by atoms with E-state index < -0.39 is 24.4 Å². The van der Waals surface area contributed by atoms with Crippen molar-refractivity contribution in [2.45, 2.75) is 44.8 Å². The number of aromatic nitrogens is 1. The topological polar surface area (TPSA) is 78.9 Å². The van der Waals surface area contributed by atoms with Crippen LogP contribution < -0.4 is 10.1 Å². The molecule has 1 saturated heterocycles. The average molecular weight is 512 g/mol. The van der Waals surface area contributed by atoms with Crippen LogP contribution in [0.5, 0.6) is 5.75 Å². The average Bonchev–Trinajstić information content (AvgIpc) is 3.34. The summed E-state index contributed by atoms with van der Waals surface area (Å²) >= 11 is 0. The number of rotatable bonds is 7. The monoisotopic (exact) mass is 512 g/mol. The van der Waals surface area contributed by atoms with E-state index in [1.165, 1.54) is 22.3 Å². The lowest BCUT2D eigenvalue weighted by Crippen LogP contribution is -2.41. The van der Waals surface area contributed by atoms with Gasteiger partial charge in [-0.05, 0) is 61.5 Å². The maximum atomic E-state index is 12.9. The van der Waals surface area contributed by atoms with Gasteiger partial charge in [0, 0.05) is 30.4 Å². The first kappa shape index (κ1) is 26.0. The van der Waals surface area contributed by atoms with Crippen molar-refractivity contribution >= 4 is 19.3 Å². The molecule has 0 unspecified atom stereocenters. The van der Waals surface area contributed by atoms with Crippen LogP contribution in [0.4, 0.5) is 4.79 Å². The molecule has 2 aliphatic rings. The number of ether oxygens (including phenoxy) is 2. The quantitative estimate of drug-likeness (QED) is 0.413. The van der Waals surface area contributed by atoms with Crippen LogP contribution in [-0.4, -0.2) is 49.7 Å². The van der Waals surface area contributed by atoms with Crippen molar-refractivity contribution in [3.05, 3.63) is 89.2 Å². The Bertz CT molecular complexity index is 1310. The normalized spacial score (nSPS) is 17.6. The van der Waals surface area contributed by atoms with Crippen LogP contribution in [-0.2, 0) is 14.0 Å². The van der Waals surface area contributed by atoms with Crippen LogP contribution in [0.1, 0.15) is 50.3 Å². The number of nitrogens with zero attached hydrogens (tertiary/aromatic N) is 1. The molecule has 1 N–H and O–H groups in total. The number of amides is 1. The van der Waals surface area contributed by atoms with Gasteiger partial charge in [0.25, 0.3) is 0 Å². The molecule has 0 bridgehead atoms. The maximum absolute atomic E-state index is 12.9. The Balaban J connectivity index is 1.31. The fraction of sp³-hybridized carbons (Fsp3) is 0.333. The van der Waals surface area contributed by atoms with Gasteiger partial charge >= 0.3 is 13.2 Å². The van der Waals surface area contributed by atoms with Crippen LogP contribution in [0, 0.1) is 0 Å². The van der Waals surface area contributed by atoms with Crippen LogP contribution >= 0.6 is 0 Å². The minimum atomic E-state index is -0.654. The van der Waals surface area contributed by atoms with Crippen molar-refractivity contribution in [3.8, 4) is 16.9 Å². The lowest BCUT2D eigenvalue weighted by molar-refractivity contribution is 0.00578. The molecule has 196 valence electrons. The SMILES string of the molecule is COc1ccncc1C=C(CNC(=O)OCC1c2ccccc2-c2ccccc21)B1OC(C)(C)C(C)(C)O1. The number of benzene rings is 2. The van der Waals surface area contributed by atoms with Gasteiger partial charge in [-0.25, -0.2) is 4.79 Å². The van der Waals surface area contributed by atoms with Crippen molar-refractivity contribution in [2.75, 3.05) is 20.3 Å². The Morgan fingerprint density at radius 1 is 1.00 bits per heavy atom. The van der Waals surface area contributed by atoms with Crippen molar-refractivity contribution in [1.29, 1.82) is 0 Å². The highest BCUT2D eigenvalue weighted by Gasteiger charge is 2.52. The molecule has 1 amide bonds. The third kappa shape index (κ3) is 4.94. The van der Waals surface area contributed by atoms with Crippen molar-refractivity contribution in [1.82, 2.24) is 10.3 Å². The van der Waals surface area contributed by atoms with Gasteiger partial charge in [0.2, 0.25) is 0 Å². The van der Waals surface area contributed by atoms with Crippen molar-refractivity contribution in [3.63, 3.8) is 0 Å². The third-order valence-electron chi connectivity index (χ3n) is 7.71. The largest absolute Gasteiger partial charge is 0.496 e. The Kier molecular flexibility index (Phi) is 7.03. The summed E-state index contributed by atoms with van der Waals surface area (Å²) in [6, 6.07) is 18.3.